The molecule has 0 saturated heterocycles. The van der Waals surface area contributed by atoms with Crippen molar-refractivity contribution in [1.29, 1.82) is 0 Å². The zero-order valence-electron chi connectivity index (χ0n) is 22.4. The monoisotopic (exact) mass is 557 g/mol. The molecule has 5 heteroatoms. The number of anilines is 6. The minimum Gasteiger partial charge on any atom is -0.306 e. The van der Waals surface area contributed by atoms with E-state index in [9.17, 15) is 4.79 Å². The Morgan fingerprint density at radius 3 is 1.90 bits per heavy atom. The van der Waals surface area contributed by atoms with Gasteiger partial charge in [-0.2, -0.15) is 10.9 Å². The molecule has 0 fully saturated rings. The number of nitrogens with zero attached hydrogens (tertiary/aromatic N) is 3. The lowest BCUT2D eigenvalue weighted by Crippen LogP contribution is -2.29. The van der Waals surface area contributed by atoms with Gasteiger partial charge in [-0.25, -0.2) is 0 Å². The van der Waals surface area contributed by atoms with E-state index in [1.807, 2.05) is 22.8 Å². The first-order chi connectivity index (χ1) is 20.8. The highest BCUT2D eigenvalue weighted by atomic mass is 32.2. The first-order valence-electron chi connectivity index (χ1n) is 14.2. The second-order valence-electron chi connectivity index (χ2n) is 11.0. The van der Waals surface area contributed by atoms with Crippen molar-refractivity contribution in [3.05, 3.63) is 144 Å². The summed E-state index contributed by atoms with van der Waals surface area (Å²) in [5.41, 5.74) is 9.05. The maximum Gasteiger partial charge on any atom is 0.263 e. The van der Waals surface area contributed by atoms with E-state index in [-0.39, 0.29) is 5.56 Å². The Morgan fingerprint density at radius 2 is 1.05 bits per heavy atom. The average Bonchev–Trinajstić information content (AvgIpc) is 3.05. The van der Waals surface area contributed by atoms with E-state index in [0.29, 0.717) is 0 Å². The van der Waals surface area contributed by atoms with Crippen LogP contribution >= 0.6 is 10.9 Å². The molecular weight excluding hydrogens is 534 g/mol. The van der Waals surface area contributed by atoms with Crippen molar-refractivity contribution in [3.8, 4) is 5.69 Å². The van der Waals surface area contributed by atoms with E-state index >= 15 is 0 Å². The van der Waals surface area contributed by atoms with Gasteiger partial charge in [-0.3, -0.25) is 9.36 Å². The topological polar surface area (TPSA) is 28.5 Å². The van der Waals surface area contributed by atoms with Crippen LogP contribution in [-0.2, 0) is 0 Å². The van der Waals surface area contributed by atoms with Gasteiger partial charge in [-0.05, 0) is 66.0 Å². The number of para-hydroxylation sites is 5. The molecule has 4 heterocycles. The molecular formula is C37H23N3OS. The molecule has 198 valence electrons. The highest BCUT2D eigenvalue weighted by molar-refractivity contribution is 8.17. The summed E-state index contributed by atoms with van der Waals surface area (Å²) in [6.45, 7) is 0. The lowest BCUT2D eigenvalue weighted by Gasteiger charge is -2.48. The fourth-order valence-corrected chi connectivity index (χ4v) is 10.2. The van der Waals surface area contributed by atoms with E-state index in [2.05, 4.69) is 125 Å². The fourth-order valence-electron chi connectivity index (χ4n) is 7.31. The molecule has 0 N–H and O–H groups in total. The largest absolute Gasteiger partial charge is 0.306 e. The van der Waals surface area contributed by atoms with Crippen molar-refractivity contribution >= 4 is 66.7 Å². The van der Waals surface area contributed by atoms with Crippen LogP contribution in [0.1, 0.15) is 0 Å². The molecule has 0 spiro atoms. The Hall–Kier alpha value is -5.26. The molecule has 0 amide bonds. The third-order valence-electron chi connectivity index (χ3n) is 8.91. The Kier molecular flexibility index (Phi) is 4.24. The summed E-state index contributed by atoms with van der Waals surface area (Å²) >= 11 is 0. The quantitative estimate of drug-likeness (QED) is 0.161. The van der Waals surface area contributed by atoms with Crippen LogP contribution in [0.2, 0.25) is 0 Å². The zero-order valence-corrected chi connectivity index (χ0v) is 23.3. The third-order valence-corrected chi connectivity index (χ3v) is 11.5. The molecule has 4 nitrogen and oxygen atoms in total. The molecule has 1 atom stereocenters. The summed E-state index contributed by atoms with van der Waals surface area (Å²) in [6.07, 6.45) is 0. The van der Waals surface area contributed by atoms with Gasteiger partial charge in [0.15, 0.2) is 0 Å². The predicted molar refractivity (Wildman–Crippen MR) is 174 cm³/mol. The Balaban J connectivity index is 1.38. The summed E-state index contributed by atoms with van der Waals surface area (Å²) in [6, 6.07) is 47.2. The van der Waals surface area contributed by atoms with E-state index in [1.54, 1.807) is 0 Å². The Bertz CT molecular complexity index is 2360. The maximum atomic E-state index is 14.3. The molecule has 0 aliphatic carbocycles. The second-order valence-corrected chi connectivity index (χ2v) is 13.1. The molecule has 10 rings (SSSR count). The average molecular weight is 558 g/mol. The van der Waals surface area contributed by atoms with E-state index in [0.717, 1.165) is 50.1 Å². The van der Waals surface area contributed by atoms with Gasteiger partial charge in [0.2, 0.25) is 0 Å². The number of hydrogen-bond donors (Lipinski definition) is 1. The summed E-state index contributed by atoms with van der Waals surface area (Å²) < 4.78 is 1.99. The second kappa shape index (κ2) is 7.93. The third kappa shape index (κ3) is 2.63. The first kappa shape index (κ1) is 22.4. The van der Waals surface area contributed by atoms with Crippen LogP contribution in [-0.4, -0.2) is 4.57 Å². The van der Waals surface area contributed by atoms with E-state index in [1.165, 1.54) is 26.1 Å². The Morgan fingerprint density at radius 1 is 0.452 bits per heavy atom. The molecule has 6 aromatic carbocycles. The highest BCUT2D eigenvalue weighted by Crippen LogP contribution is 2.71. The van der Waals surface area contributed by atoms with Crippen LogP contribution in [0.3, 0.4) is 0 Å². The van der Waals surface area contributed by atoms with E-state index < -0.39 is 10.9 Å². The number of fused-ring (bicyclic) bond motifs is 8. The number of pyridine rings is 1. The summed E-state index contributed by atoms with van der Waals surface area (Å²) in [5, 5.41) is 2.90. The maximum absolute atomic E-state index is 14.3. The number of aromatic nitrogens is 1. The summed E-state index contributed by atoms with van der Waals surface area (Å²) in [5.74, 6) is 0. The van der Waals surface area contributed by atoms with Crippen LogP contribution in [0, 0.1) is 0 Å². The normalized spacial score (nSPS) is 16.2. The molecule has 3 aliphatic heterocycles. The predicted octanol–water partition coefficient (Wildman–Crippen LogP) is 9.50. The number of benzene rings is 6. The van der Waals surface area contributed by atoms with Gasteiger partial charge in [0, 0.05) is 31.1 Å². The molecule has 42 heavy (non-hydrogen) atoms. The summed E-state index contributed by atoms with van der Waals surface area (Å²) in [4.78, 5) is 22.9. The van der Waals surface area contributed by atoms with Crippen molar-refractivity contribution in [2.24, 2.45) is 0 Å². The highest BCUT2D eigenvalue weighted by Gasteiger charge is 2.42. The number of hydrogen-bond acceptors (Lipinski definition) is 3. The van der Waals surface area contributed by atoms with Crippen molar-refractivity contribution < 1.29 is 0 Å². The minimum absolute atomic E-state index is 0.0439. The van der Waals surface area contributed by atoms with Gasteiger partial charge in [-0.1, -0.05) is 72.8 Å². The summed E-state index contributed by atoms with van der Waals surface area (Å²) in [7, 11) is -0.928. The van der Waals surface area contributed by atoms with Crippen molar-refractivity contribution in [2.45, 2.75) is 14.7 Å². The molecule has 1 unspecified atom stereocenters. The standard InChI is InChI=1S/C37H23N3OS/c41-37-26-14-5-4-13-24(26)25-15-8-21-32-34(25)40(37)31-20-9-19-30-36(31)42(32)33-22-10-18-29-35(33)39(30)28-17-7-6-16-27(28)38(29)23-11-2-1-3-12-23/h1-22,42H. The van der Waals surface area contributed by atoms with Crippen molar-refractivity contribution in [2.75, 3.05) is 9.80 Å². The zero-order chi connectivity index (χ0) is 27.5. The van der Waals surface area contributed by atoms with Gasteiger partial charge in [0.25, 0.3) is 5.56 Å². The first-order valence-corrected chi connectivity index (χ1v) is 15.5. The molecule has 0 bridgehead atoms. The van der Waals surface area contributed by atoms with Gasteiger partial charge in [0.05, 0.1) is 39.6 Å². The van der Waals surface area contributed by atoms with E-state index in [4.69, 9.17) is 0 Å². The van der Waals surface area contributed by atoms with Gasteiger partial charge in [-0.15, -0.1) is 0 Å². The van der Waals surface area contributed by atoms with Crippen LogP contribution < -0.4 is 15.4 Å². The molecule has 0 saturated carbocycles. The smallest absolute Gasteiger partial charge is 0.263 e. The minimum atomic E-state index is -0.928. The van der Waals surface area contributed by atoms with Crippen molar-refractivity contribution in [3.63, 3.8) is 0 Å². The van der Waals surface area contributed by atoms with Gasteiger partial charge in [0.1, 0.15) is 0 Å². The molecule has 3 aliphatic rings. The van der Waals surface area contributed by atoms with Crippen LogP contribution in [0.15, 0.2) is 153 Å². The lowest BCUT2D eigenvalue weighted by atomic mass is 10.0. The number of rotatable bonds is 1. The number of thiol groups is 1. The van der Waals surface area contributed by atoms with Gasteiger partial charge < -0.3 is 9.80 Å². The van der Waals surface area contributed by atoms with Crippen LogP contribution in [0.25, 0.3) is 27.4 Å². The fraction of sp³-hybridized carbons (Fsp3) is 0. The molecule has 1 aromatic heterocycles. The SMILES string of the molecule is O=c1c2ccccc2c2cccc3c2n1-c1cccc2c1[SH]3c1cccc3c1N2c1ccccc1N3c1ccccc1. The van der Waals surface area contributed by atoms with Crippen LogP contribution in [0.5, 0.6) is 0 Å². The Labute approximate surface area is 244 Å². The molecule has 0 radical (unpaired) electrons. The molecule has 7 aromatic rings. The van der Waals surface area contributed by atoms with Crippen LogP contribution in [0.4, 0.5) is 34.1 Å². The lowest BCUT2D eigenvalue weighted by molar-refractivity contribution is 0.976. The van der Waals surface area contributed by atoms with Crippen molar-refractivity contribution in [1.82, 2.24) is 4.57 Å². The van der Waals surface area contributed by atoms with Gasteiger partial charge >= 0.3 is 0 Å².